The number of carbonyl (C=O) groups is 1. The van der Waals surface area contributed by atoms with Gasteiger partial charge in [-0.1, -0.05) is 12.1 Å². The fraction of sp³-hybridized carbons (Fsp3) is 0.444. The lowest BCUT2D eigenvalue weighted by molar-refractivity contribution is -0.133. The van der Waals surface area contributed by atoms with Gasteiger partial charge in [0.05, 0.1) is 30.9 Å². The minimum atomic E-state index is -3.16. The van der Waals surface area contributed by atoms with Crippen molar-refractivity contribution in [3.8, 4) is 5.75 Å². The highest BCUT2D eigenvalue weighted by Gasteiger charge is 2.35. The van der Waals surface area contributed by atoms with E-state index in [1.165, 1.54) is 0 Å². The Morgan fingerprint density at radius 1 is 1.37 bits per heavy atom. The van der Waals surface area contributed by atoms with Gasteiger partial charge in [-0.3, -0.25) is 9.48 Å². The largest absolute Gasteiger partial charge is 0.497 e. The standard InChI is InChI=1S/C18H23N3O4S.ClH/c1-20-12-15(11-19-20)17-13-26(23,24)9-8-21(17)18(22)7-6-14-4-3-5-16(10-14)25-2;/h3-5,10-12,17H,6-9,13H2,1-2H3;1H. The molecule has 2 aromatic rings. The number of benzene rings is 1. The lowest BCUT2D eigenvalue weighted by Gasteiger charge is -2.35. The second-order valence-corrected chi connectivity index (χ2v) is 8.74. The molecule has 0 saturated carbocycles. The predicted molar refractivity (Wildman–Crippen MR) is 105 cm³/mol. The van der Waals surface area contributed by atoms with Crippen molar-refractivity contribution in [1.29, 1.82) is 0 Å². The SMILES string of the molecule is COc1cccc(CCC(=O)N2CCS(=O)(=O)CC2c2cnn(C)c2)c1.Cl. The van der Waals surface area contributed by atoms with E-state index in [9.17, 15) is 13.2 Å². The molecule has 3 rings (SSSR count). The average molecular weight is 414 g/mol. The van der Waals surface area contributed by atoms with E-state index in [1.54, 1.807) is 36.1 Å². The summed E-state index contributed by atoms with van der Waals surface area (Å²) in [4.78, 5) is 14.5. The molecule has 7 nitrogen and oxygen atoms in total. The van der Waals surface area contributed by atoms with Gasteiger partial charge >= 0.3 is 0 Å². The fourth-order valence-corrected chi connectivity index (χ4v) is 4.71. The fourth-order valence-electron chi connectivity index (χ4n) is 3.22. The summed E-state index contributed by atoms with van der Waals surface area (Å²) in [5.74, 6) is 0.668. The molecular formula is C18H24ClN3O4S. The molecule has 1 fully saturated rings. The Bertz CT molecular complexity index is 898. The van der Waals surface area contributed by atoms with Crippen LogP contribution in [0.5, 0.6) is 5.75 Å². The number of aryl methyl sites for hydroxylation is 2. The molecule has 2 heterocycles. The third kappa shape index (κ3) is 5.23. The topological polar surface area (TPSA) is 81.5 Å². The molecule has 0 aliphatic carbocycles. The van der Waals surface area contributed by atoms with E-state index in [0.717, 1.165) is 16.9 Å². The van der Waals surface area contributed by atoms with Crippen LogP contribution in [0.15, 0.2) is 36.7 Å². The summed E-state index contributed by atoms with van der Waals surface area (Å²) in [6.07, 6.45) is 4.31. The van der Waals surface area contributed by atoms with Crippen LogP contribution in [0.3, 0.4) is 0 Å². The van der Waals surface area contributed by atoms with Crippen LogP contribution < -0.4 is 4.74 Å². The maximum Gasteiger partial charge on any atom is 0.223 e. The first-order chi connectivity index (χ1) is 12.4. The molecule has 1 saturated heterocycles. The lowest BCUT2D eigenvalue weighted by Crippen LogP contribution is -2.46. The third-order valence-corrected chi connectivity index (χ3v) is 6.25. The lowest BCUT2D eigenvalue weighted by atomic mass is 10.1. The van der Waals surface area contributed by atoms with Crippen LogP contribution in [-0.2, 0) is 28.1 Å². The van der Waals surface area contributed by atoms with E-state index in [4.69, 9.17) is 4.74 Å². The van der Waals surface area contributed by atoms with E-state index < -0.39 is 15.9 Å². The molecule has 0 N–H and O–H groups in total. The number of ether oxygens (including phenoxy) is 1. The van der Waals surface area contributed by atoms with Crippen LogP contribution in [0.1, 0.15) is 23.6 Å². The van der Waals surface area contributed by atoms with E-state index >= 15 is 0 Å². The molecule has 9 heteroatoms. The zero-order valence-corrected chi connectivity index (χ0v) is 17.0. The van der Waals surface area contributed by atoms with Crippen molar-refractivity contribution in [3.05, 3.63) is 47.8 Å². The summed E-state index contributed by atoms with van der Waals surface area (Å²) in [6.45, 7) is 0.221. The number of sulfone groups is 1. The first-order valence-electron chi connectivity index (χ1n) is 8.49. The van der Waals surface area contributed by atoms with Crippen LogP contribution in [0.2, 0.25) is 0 Å². The van der Waals surface area contributed by atoms with Gasteiger partial charge in [0.1, 0.15) is 5.75 Å². The Balaban J connectivity index is 0.00000261. The molecule has 148 valence electrons. The summed E-state index contributed by atoms with van der Waals surface area (Å²) < 4.78 is 31.0. The number of nitrogens with zero attached hydrogens (tertiary/aromatic N) is 3. The highest BCUT2D eigenvalue weighted by atomic mass is 35.5. The van der Waals surface area contributed by atoms with Gasteiger partial charge in [0.15, 0.2) is 9.84 Å². The zero-order chi connectivity index (χ0) is 18.7. The molecule has 1 aromatic heterocycles. The zero-order valence-electron chi connectivity index (χ0n) is 15.4. The molecule has 1 aliphatic heterocycles. The molecule has 1 unspecified atom stereocenters. The van der Waals surface area contributed by atoms with Gasteiger partial charge in [-0.2, -0.15) is 5.10 Å². The Morgan fingerprint density at radius 2 is 2.15 bits per heavy atom. The van der Waals surface area contributed by atoms with Crippen molar-refractivity contribution in [1.82, 2.24) is 14.7 Å². The molecule has 1 aliphatic rings. The normalized spacial score (nSPS) is 18.6. The molecule has 0 spiro atoms. The van der Waals surface area contributed by atoms with Crippen molar-refractivity contribution in [2.75, 3.05) is 25.2 Å². The summed E-state index contributed by atoms with van der Waals surface area (Å²) >= 11 is 0. The van der Waals surface area contributed by atoms with Gasteiger partial charge < -0.3 is 9.64 Å². The summed E-state index contributed by atoms with van der Waals surface area (Å²) in [6, 6.07) is 7.14. The summed E-state index contributed by atoms with van der Waals surface area (Å²) in [5, 5.41) is 4.12. The number of hydrogen-bond acceptors (Lipinski definition) is 5. The minimum absolute atomic E-state index is 0. The highest BCUT2D eigenvalue weighted by molar-refractivity contribution is 7.91. The van der Waals surface area contributed by atoms with Crippen LogP contribution in [0.4, 0.5) is 0 Å². The van der Waals surface area contributed by atoms with Crippen molar-refractivity contribution < 1.29 is 17.9 Å². The first kappa shape index (κ1) is 21.2. The quantitative estimate of drug-likeness (QED) is 0.746. The Morgan fingerprint density at radius 3 is 2.81 bits per heavy atom. The van der Waals surface area contributed by atoms with Crippen molar-refractivity contribution in [2.24, 2.45) is 7.05 Å². The molecule has 0 radical (unpaired) electrons. The maximum atomic E-state index is 12.8. The van der Waals surface area contributed by atoms with Gasteiger partial charge in [0.2, 0.25) is 5.91 Å². The summed E-state index contributed by atoms with van der Waals surface area (Å²) in [5.41, 5.74) is 1.77. The average Bonchev–Trinajstić information content (AvgIpc) is 3.05. The second-order valence-electron chi connectivity index (χ2n) is 6.52. The number of rotatable bonds is 5. The van der Waals surface area contributed by atoms with Gasteiger partial charge in [0, 0.05) is 31.8 Å². The van der Waals surface area contributed by atoms with Gasteiger partial charge in [-0.05, 0) is 24.1 Å². The molecule has 0 bridgehead atoms. The van der Waals surface area contributed by atoms with E-state index in [2.05, 4.69) is 5.10 Å². The Labute approximate surface area is 165 Å². The smallest absolute Gasteiger partial charge is 0.223 e. The van der Waals surface area contributed by atoms with Gasteiger partial charge in [0.25, 0.3) is 0 Å². The Kier molecular flexibility index (Phi) is 6.89. The van der Waals surface area contributed by atoms with Crippen LogP contribution in [0.25, 0.3) is 0 Å². The number of hydrogen-bond donors (Lipinski definition) is 0. The highest BCUT2D eigenvalue weighted by Crippen LogP contribution is 2.27. The number of halogens is 1. The monoisotopic (exact) mass is 413 g/mol. The van der Waals surface area contributed by atoms with Gasteiger partial charge in [-0.15, -0.1) is 12.4 Å². The van der Waals surface area contributed by atoms with Crippen LogP contribution >= 0.6 is 12.4 Å². The van der Waals surface area contributed by atoms with E-state index in [0.29, 0.717) is 12.8 Å². The molecule has 1 atom stereocenters. The van der Waals surface area contributed by atoms with Crippen molar-refractivity contribution in [3.63, 3.8) is 0 Å². The van der Waals surface area contributed by atoms with Gasteiger partial charge in [-0.25, -0.2) is 8.42 Å². The molecular weight excluding hydrogens is 390 g/mol. The summed E-state index contributed by atoms with van der Waals surface area (Å²) in [7, 11) is 0.221. The molecule has 27 heavy (non-hydrogen) atoms. The number of amides is 1. The van der Waals surface area contributed by atoms with E-state index in [-0.39, 0.29) is 36.4 Å². The maximum absolute atomic E-state index is 12.8. The van der Waals surface area contributed by atoms with E-state index in [1.807, 2.05) is 24.3 Å². The number of methoxy groups -OCH3 is 1. The third-order valence-electron chi connectivity index (χ3n) is 4.62. The first-order valence-corrected chi connectivity index (χ1v) is 10.3. The van der Waals surface area contributed by atoms with Crippen LogP contribution in [0, 0.1) is 0 Å². The van der Waals surface area contributed by atoms with Crippen molar-refractivity contribution in [2.45, 2.75) is 18.9 Å². The molecule has 1 aromatic carbocycles. The second kappa shape index (κ2) is 8.75. The minimum Gasteiger partial charge on any atom is -0.497 e. The van der Waals surface area contributed by atoms with Crippen molar-refractivity contribution >= 4 is 28.2 Å². The van der Waals surface area contributed by atoms with Crippen LogP contribution in [-0.4, -0.2) is 54.2 Å². The Hall–Kier alpha value is -2.06. The predicted octanol–water partition coefficient (Wildman–Crippen LogP) is 1.78. The number of aromatic nitrogens is 2. The molecule has 1 amide bonds. The number of carbonyl (C=O) groups excluding carboxylic acids is 1.